The molecule has 1 atom stereocenters. The van der Waals surface area contributed by atoms with Crippen LogP contribution in [-0.4, -0.2) is 11.5 Å². The van der Waals surface area contributed by atoms with Crippen LogP contribution in [0.15, 0.2) is 36.7 Å². The van der Waals surface area contributed by atoms with Crippen molar-refractivity contribution in [3.05, 3.63) is 63.6 Å². The normalized spacial score (nSPS) is 12.4. The van der Waals surface area contributed by atoms with Crippen molar-refractivity contribution < 1.29 is 4.39 Å². The van der Waals surface area contributed by atoms with Gasteiger partial charge in [0.05, 0.1) is 10.0 Å². The SMILES string of the molecule is CCCNC(Cc1cccc(F)c1Cl)c1ccncc1Cl. The molecular formula is C16H17Cl2FN2. The van der Waals surface area contributed by atoms with Gasteiger partial charge in [0.15, 0.2) is 0 Å². The van der Waals surface area contributed by atoms with Gasteiger partial charge in [-0.1, -0.05) is 42.3 Å². The Balaban J connectivity index is 2.28. The van der Waals surface area contributed by atoms with E-state index in [4.69, 9.17) is 23.2 Å². The summed E-state index contributed by atoms with van der Waals surface area (Å²) < 4.78 is 13.6. The summed E-state index contributed by atoms with van der Waals surface area (Å²) in [6.07, 6.45) is 4.89. The lowest BCUT2D eigenvalue weighted by atomic mass is 9.99. The number of pyridine rings is 1. The molecule has 2 aromatic rings. The maximum absolute atomic E-state index is 13.6. The lowest BCUT2D eigenvalue weighted by molar-refractivity contribution is 0.527. The number of aromatic nitrogens is 1. The monoisotopic (exact) mass is 326 g/mol. The van der Waals surface area contributed by atoms with Crippen molar-refractivity contribution in [2.24, 2.45) is 0 Å². The molecule has 0 saturated heterocycles. The van der Waals surface area contributed by atoms with Gasteiger partial charge in [0.2, 0.25) is 0 Å². The zero-order valence-corrected chi connectivity index (χ0v) is 13.3. The molecule has 0 bridgehead atoms. The molecule has 0 aliphatic heterocycles. The van der Waals surface area contributed by atoms with Gasteiger partial charge in [-0.25, -0.2) is 4.39 Å². The van der Waals surface area contributed by atoms with Crippen molar-refractivity contribution in [2.45, 2.75) is 25.8 Å². The van der Waals surface area contributed by atoms with Gasteiger partial charge in [-0.15, -0.1) is 0 Å². The first-order valence-electron chi connectivity index (χ1n) is 6.89. The Labute approximate surface area is 134 Å². The quantitative estimate of drug-likeness (QED) is 0.823. The highest BCUT2D eigenvalue weighted by atomic mass is 35.5. The Morgan fingerprint density at radius 3 is 2.81 bits per heavy atom. The summed E-state index contributed by atoms with van der Waals surface area (Å²) in [5.74, 6) is -0.399. The Hall–Kier alpha value is -1.16. The fourth-order valence-electron chi connectivity index (χ4n) is 2.21. The zero-order chi connectivity index (χ0) is 15.2. The Morgan fingerprint density at radius 1 is 1.29 bits per heavy atom. The van der Waals surface area contributed by atoms with Crippen molar-refractivity contribution >= 4 is 23.2 Å². The average Bonchev–Trinajstić information content (AvgIpc) is 2.48. The van der Waals surface area contributed by atoms with Crippen molar-refractivity contribution in [3.8, 4) is 0 Å². The summed E-state index contributed by atoms with van der Waals surface area (Å²) in [5, 5.41) is 4.20. The lowest BCUT2D eigenvalue weighted by Crippen LogP contribution is -2.24. The van der Waals surface area contributed by atoms with E-state index >= 15 is 0 Å². The van der Waals surface area contributed by atoms with Crippen LogP contribution in [0.25, 0.3) is 0 Å². The van der Waals surface area contributed by atoms with E-state index in [1.54, 1.807) is 18.5 Å². The summed E-state index contributed by atoms with van der Waals surface area (Å²) in [6.45, 7) is 2.93. The van der Waals surface area contributed by atoms with Crippen molar-refractivity contribution in [1.82, 2.24) is 10.3 Å². The number of halogens is 3. The molecule has 0 fully saturated rings. The van der Waals surface area contributed by atoms with Crippen LogP contribution in [-0.2, 0) is 6.42 Å². The minimum absolute atomic E-state index is 0.0280. The number of nitrogens with zero attached hydrogens (tertiary/aromatic N) is 1. The number of hydrogen-bond donors (Lipinski definition) is 1. The smallest absolute Gasteiger partial charge is 0.142 e. The predicted octanol–water partition coefficient (Wildman–Crippen LogP) is 4.81. The fraction of sp³-hybridized carbons (Fsp3) is 0.312. The third-order valence-corrected chi connectivity index (χ3v) is 4.01. The average molecular weight is 327 g/mol. The molecule has 112 valence electrons. The molecule has 1 aromatic heterocycles. The first kappa shape index (κ1) is 16.2. The fourth-order valence-corrected chi connectivity index (χ4v) is 2.66. The maximum Gasteiger partial charge on any atom is 0.142 e. The van der Waals surface area contributed by atoms with Crippen molar-refractivity contribution in [3.63, 3.8) is 0 Å². The van der Waals surface area contributed by atoms with Gasteiger partial charge in [0.25, 0.3) is 0 Å². The van der Waals surface area contributed by atoms with Crippen LogP contribution in [0.4, 0.5) is 4.39 Å². The highest BCUT2D eigenvalue weighted by molar-refractivity contribution is 6.31. The lowest BCUT2D eigenvalue weighted by Gasteiger charge is -2.20. The van der Waals surface area contributed by atoms with E-state index in [0.717, 1.165) is 24.1 Å². The van der Waals surface area contributed by atoms with Crippen molar-refractivity contribution in [2.75, 3.05) is 6.54 Å². The van der Waals surface area contributed by atoms with E-state index in [9.17, 15) is 4.39 Å². The first-order chi connectivity index (χ1) is 10.1. The Bertz CT molecular complexity index is 605. The van der Waals surface area contributed by atoms with E-state index < -0.39 is 5.82 Å². The number of nitrogens with one attached hydrogen (secondary N) is 1. The van der Waals surface area contributed by atoms with Crippen LogP contribution in [0.1, 0.15) is 30.5 Å². The summed E-state index contributed by atoms with van der Waals surface area (Å²) >= 11 is 12.3. The van der Waals surface area contributed by atoms with Crippen LogP contribution in [0.3, 0.4) is 0 Å². The summed E-state index contributed by atoms with van der Waals surface area (Å²) in [4.78, 5) is 4.00. The number of benzene rings is 1. The molecule has 0 aliphatic rings. The highest BCUT2D eigenvalue weighted by Crippen LogP contribution is 2.28. The largest absolute Gasteiger partial charge is 0.310 e. The van der Waals surface area contributed by atoms with Crippen LogP contribution < -0.4 is 5.32 Å². The van der Waals surface area contributed by atoms with Gasteiger partial charge in [0, 0.05) is 18.4 Å². The highest BCUT2D eigenvalue weighted by Gasteiger charge is 2.17. The third-order valence-electron chi connectivity index (χ3n) is 3.28. The van der Waals surface area contributed by atoms with Gasteiger partial charge in [-0.05, 0) is 42.6 Å². The van der Waals surface area contributed by atoms with Gasteiger partial charge in [-0.2, -0.15) is 0 Å². The molecule has 1 unspecified atom stereocenters. The second-order valence-corrected chi connectivity index (χ2v) is 5.61. The zero-order valence-electron chi connectivity index (χ0n) is 11.7. The van der Waals surface area contributed by atoms with E-state index in [0.29, 0.717) is 11.4 Å². The minimum Gasteiger partial charge on any atom is -0.310 e. The van der Waals surface area contributed by atoms with E-state index in [2.05, 4.69) is 17.2 Å². The van der Waals surface area contributed by atoms with Gasteiger partial charge in [-0.3, -0.25) is 4.98 Å². The molecule has 5 heteroatoms. The molecule has 0 amide bonds. The second kappa shape index (κ2) is 7.74. The van der Waals surface area contributed by atoms with Gasteiger partial charge >= 0.3 is 0 Å². The van der Waals surface area contributed by atoms with Gasteiger partial charge in [0.1, 0.15) is 5.82 Å². The summed E-state index contributed by atoms with van der Waals surface area (Å²) in [6, 6.07) is 6.71. The predicted molar refractivity (Wildman–Crippen MR) is 85.4 cm³/mol. The summed E-state index contributed by atoms with van der Waals surface area (Å²) in [7, 11) is 0. The number of hydrogen-bond acceptors (Lipinski definition) is 2. The molecule has 21 heavy (non-hydrogen) atoms. The molecule has 1 aromatic carbocycles. The Kier molecular flexibility index (Phi) is 5.97. The van der Waals surface area contributed by atoms with Crippen LogP contribution in [0.5, 0.6) is 0 Å². The van der Waals surface area contributed by atoms with Crippen molar-refractivity contribution in [1.29, 1.82) is 0 Å². The third kappa shape index (κ3) is 4.16. The summed E-state index contributed by atoms with van der Waals surface area (Å²) in [5.41, 5.74) is 1.71. The second-order valence-electron chi connectivity index (χ2n) is 4.82. The number of rotatable bonds is 6. The topological polar surface area (TPSA) is 24.9 Å². The molecule has 2 rings (SSSR count). The molecule has 0 saturated carbocycles. The molecule has 1 heterocycles. The molecule has 0 aliphatic carbocycles. The molecule has 2 nitrogen and oxygen atoms in total. The van der Waals surface area contributed by atoms with Gasteiger partial charge < -0.3 is 5.32 Å². The van der Waals surface area contributed by atoms with E-state index in [1.807, 2.05) is 12.1 Å². The molecular weight excluding hydrogens is 310 g/mol. The van der Waals surface area contributed by atoms with Crippen LogP contribution in [0.2, 0.25) is 10.0 Å². The molecule has 0 spiro atoms. The standard InChI is InChI=1S/C16H17Cl2FN2/c1-2-7-21-15(12-6-8-20-10-13(12)17)9-11-4-3-5-14(19)16(11)18/h3-6,8,10,15,21H,2,7,9H2,1H3. The maximum atomic E-state index is 13.6. The first-order valence-corrected chi connectivity index (χ1v) is 7.64. The Morgan fingerprint density at radius 2 is 2.10 bits per heavy atom. The van der Waals surface area contributed by atoms with Crippen LogP contribution >= 0.6 is 23.2 Å². The van der Waals surface area contributed by atoms with E-state index in [1.165, 1.54) is 6.07 Å². The minimum atomic E-state index is -0.399. The van der Waals surface area contributed by atoms with E-state index in [-0.39, 0.29) is 11.1 Å². The van der Waals surface area contributed by atoms with Crippen LogP contribution in [0, 0.1) is 5.82 Å². The molecule has 0 radical (unpaired) electrons. The molecule has 1 N–H and O–H groups in total.